The van der Waals surface area contributed by atoms with Crippen molar-refractivity contribution in [2.24, 2.45) is 0 Å². The van der Waals surface area contributed by atoms with Gasteiger partial charge in [0.2, 0.25) is 0 Å². The Morgan fingerprint density at radius 2 is 2.00 bits per heavy atom. The molecule has 1 atom stereocenters. The summed E-state index contributed by atoms with van der Waals surface area (Å²) in [5.74, 6) is -1.48. The average molecular weight is 284 g/mol. The standard InChI is InChI=1S/C13H17FN2O4/c1-20-8-11(12(17)18)16-13(19)15-7-6-9-2-4-10(14)5-3-9/h2-5,11H,6-8H2,1H3,(H,17,18)(H2,15,16,19). The van der Waals surface area contributed by atoms with Gasteiger partial charge in [-0.3, -0.25) is 0 Å². The van der Waals surface area contributed by atoms with Crippen LogP contribution in [0.15, 0.2) is 24.3 Å². The second kappa shape index (κ2) is 8.11. The first kappa shape index (κ1) is 15.9. The molecule has 20 heavy (non-hydrogen) atoms. The normalized spacial score (nSPS) is 11.7. The molecule has 0 radical (unpaired) electrons. The Balaban J connectivity index is 2.32. The van der Waals surface area contributed by atoms with Gasteiger partial charge < -0.3 is 20.5 Å². The monoisotopic (exact) mass is 284 g/mol. The van der Waals surface area contributed by atoms with Gasteiger partial charge >= 0.3 is 12.0 Å². The van der Waals surface area contributed by atoms with Gasteiger partial charge in [-0.25, -0.2) is 14.0 Å². The third-order valence-electron chi connectivity index (χ3n) is 2.55. The molecule has 0 heterocycles. The maximum absolute atomic E-state index is 12.7. The van der Waals surface area contributed by atoms with Gasteiger partial charge in [0.1, 0.15) is 5.82 Å². The van der Waals surface area contributed by atoms with E-state index in [-0.39, 0.29) is 12.4 Å². The van der Waals surface area contributed by atoms with Crippen molar-refractivity contribution < 1.29 is 23.8 Å². The van der Waals surface area contributed by atoms with Crippen LogP contribution in [0.3, 0.4) is 0 Å². The van der Waals surface area contributed by atoms with Crippen LogP contribution in [0, 0.1) is 5.82 Å². The number of halogens is 1. The first-order valence-corrected chi connectivity index (χ1v) is 6.03. The number of carboxylic acids is 1. The minimum Gasteiger partial charge on any atom is -0.480 e. The summed E-state index contributed by atoms with van der Waals surface area (Å²) in [6, 6.07) is 4.25. The summed E-state index contributed by atoms with van der Waals surface area (Å²) >= 11 is 0. The lowest BCUT2D eigenvalue weighted by molar-refractivity contribution is -0.140. The van der Waals surface area contributed by atoms with Gasteiger partial charge in [0.25, 0.3) is 0 Å². The Hall–Kier alpha value is -2.15. The number of carboxylic acid groups (broad SMARTS) is 1. The highest BCUT2D eigenvalue weighted by molar-refractivity contribution is 5.82. The topological polar surface area (TPSA) is 87.7 Å². The van der Waals surface area contributed by atoms with E-state index in [1.54, 1.807) is 12.1 Å². The number of carbonyl (C=O) groups is 2. The van der Waals surface area contributed by atoms with Crippen molar-refractivity contribution in [1.82, 2.24) is 10.6 Å². The lowest BCUT2D eigenvalue weighted by Gasteiger charge is -2.14. The molecule has 0 aliphatic carbocycles. The van der Waals surface area contributed by atoms with Crippen molar-refractivity contribution in [2.45, 2.75) is 12.5 Å². The van der Waals surface area contributed by atoms with E-state index >= 15 is 0 Å². The van der Waals surface area contributed by atoms with E-state index in [4.69, 9.17) is 9.84 Å². The van der Waals surface area contributed by atoms with Crippen LogP contribution in [0.1, 0.15) is 5.56 Å². The van der Waals surface area contributed by atoms with Crippen LogP contribution < -0.4 is 10.6 Å². The van der Waals surface area contributed by atoms with Gasteiger partial charge in [0.05, 0.1) is 6.61 Å². The minimum absolute atomic E-state index is 0.110. The molecule has 0 spiro atoms. The second-order valence-corrected chi connectivity index (χ2v) is 4.12. The average Bonchev–Trinajstić information content (AvgIpc) is 2.40. The third kappa shape index (κ3) is 5.66. The van der Waals surface area contributed by atoms with Gasteiger partial charge in [-0.05, 0) is 24.1 Å². The lowest BCUT2D eigenvalue weighted by Crippen LogP contribution is -2.48. The fourth-order valence-corrected chi connectivity index (χ4v) is 1.52. The van der Waals surface area contributed by atoms with Gasteiger partial charge in [-0.15, -0.1) is 0 Å². The summed E-state index contributed by atoms with van der Waals surface area (Å²) in [6.07, 6.45) is 0.524. The number of hydrogen-bond acceptors (Lipinski definition) is 3. The number of nitrogens with one attached hydrogen (secondary N) is 2. The molecule has 7 heteroatoms. The van der Waals surface area contributed by atoms with E-state index in [2.05, 4.69) is 10.6 Å². The van der Waals surface area contributed by atoms with Gasteiger partial charge in [0, 0.05) is 13.7 Å². The number of urea groups is 1. The van der Waals surface area contributed by atoms with Gasteiger partial charge in [-0.1, -0.05) is 12.1 Å². The lowest BCUT2D eigenvalue weighted by atomic mass is 10.1. The Labute approximate surface area is 115 Å². The van der Waals surface area contributed by atoms with Crippen LogP contribution in [0.5, 0.6) is 0 Å². The number of amides is 2. The Morgan fingerprint density at radius 3 is 2.55 bits per heavy atom. The second-order valence-electron chi connectivity index (χ2n) is 4.12. The Bertz CT molecular complexity index is 450. The Morgan fingerprint density at radius 1 is 1.35 bits per heavy atom. The van der Waals surface area contributed by atoms with Crippen LogP contribution in [0.2, 0.25) is 0 Å². The van der Waals surface area contributed by atoms with Crippen LogP contribution >= 0.6 is 0 Å². The maximum atomic E-state index is 12.7. The zero-order valence-electron chi connectivity index (χ0n) is 11.1. The summed E-state index contributed by atoms with van der Waals surface area (Å²) in [6.45, 7) is 0.206. The predicted molar refractivity (Wildman–Crippen MR) is 69.9 cm³/mol. The van der Waals surface area contributed by atoms with Crippen molar-refractivity contribution in [1.29, 1.82) is 0 Å². The number of ether oxygens (including phenoxy) is 1. The molecule has 0 aliphatic rings. The van der Waals surface area contributed by atoms with Crippen LogP contribution in [0.4, 0.5) is 9.18 Å². The number of benzene rings is 1. The molecular formula is C13H17FN2O4. The van der Waals surface area contributed by atoms with Crippen LogP contribution in [-0.4, -0.2) is 43.4 Å². The molecule has 0 aliphatic heterocycles. The SMILES string of the molecule is COCC(NC(=O)NCCc1ccc(F)cc1)C(=O)O. The fourth-order valence-electron chi connectivity index (χ4n) is 1.52. The molecule has 0 bridgehead atoms. The van der Waals surface area contributed by atoms with Crippen LogP contribution in [0.25, 0.3) is 0 Å². The van der Waals surface area contributed by atoms with Gasteiger partial charge in [0.15, 0.2) is 6.04 Å². The number of hydrogen-bond donors (Lipinski definition) is 3. The zero-order valence-corrected chi connectivity index (χ0v) is 11.1. The van der Waals surface area contributed by atoms with E-state index in [1.165, 1.54) is 19.2 Å². The number of carbonyl (C=O) groups excluding carboxylic acids is 1. The van der Waals surface area contributed by atoms with E-state index in [1.807, 2.05) is 0 Å². The molecule has 110 valence electrons. The molecule has 1 aromatic rings. The summed E-state index contributed by atoms with van der Waals surface area (Å²) in [4.78, 5) is 22.3. The smallest absolute Gasteiger partial charge is 0.328 e. The first-order chi connectivity index (χ1) is 9.52. The molecular weight excluding hydrogens is 267 g/mol. The highest BCUT2D eigenvalue weighted by atomic mass is 19.1. The molecule has 1 aromatic carbocycles. The van der Waals surface area contributed by atoms with Crippen molar-refractivity contribution >= 4 is 12.0 Å². The molecule has 1 unspecified atom stereocenters. The van der Waals surface area contributed by atoms with E-state index < -0.39 is 18.0 Å². The Kier molecular flexibility index (Phi) is 6.45. The molecule has 2 amide bonds. The van der Waals surface area contributed by atoms with Crippen molar-refractivity contribution in [3.8, 4) is 0 Å². The zero-order chi connectivity index (χ0) is 15.0. The summed E-state index contributed by atoms with van der Waals surface area (Å²) in [7, 11) is 1.35. The molecule has 0 saturated carbocycles. The van der Waals surface area contributed by atoms with Gasteiger partial charge in [-0.2, -0.15) is 0 Å². The van der Waals surface area contributed by atoms with Crippen molar-refractivity contribution in [2.75, 3.05) is 20.3 Å². The maximum Gasteiger partial charge on any atom is 0.328 e. The van der Waals surface area contributed by atoms with Crippen molar-refractivity contribution in [3.63, 3.8) is 0 Å². The molecule has 3 N–H and O–H groups in total. The molecule has 0 saturated heterocycles. The molecule has 0 aromatic heterocycles. The largest absolute Gasteiger partial charge is 0.480 e. The fraction of sp³-hybridized carbons (Fsp3) is 0.385. The van der Waals surface area contributed by atoms with Crippen LogP contribution in [-0.2, 0) is 16.0 Å². The van der Waals surface area contributed by atoms with E-state index in [0.717, 1.165) is 5.56 Å². The molecule has 0 fully saturated rings. The molecule has 1 rings (SSSR count). The highest BCUT2D eigenvalue weighted by Crippen LogP contribution is 2.02. The molecule has 6 nitrogen and oxygen atoms in total. The predicted octanol–water partition coefficient (Wildman–Crippen LogP) is 0.767. The summed E-state index contributed by atoms with van der Waals surface area (Å²) in [5, 5.41) is 13.6. The third-order valence-corrected chi connectivity index (χ3v) is 2.55. The minimum atomic E-state index is -1.17. The van der Waals surface area contributed by atoms with E-state index in [0.29, 0.717) is 13.0 Å². The summed E-state index contributed by atoms with van der Waals surface area (Å²) in [5.41, 5.74) is 0.873. The summed E-state index contributed by atoms with van der Waals surface area (Å²) < 4.78 is 17.4. The number of rotatable bonds is 7. The number of aliphatic carboxylic acids is 1. The van der Waals surface area contributed by atoms with Crippen molar-refractivity contribution in [3.05, 3.63) is 35.6 Å². The first-order valence-electron chi connectivity index (χ1n) is 6.03. The van der Waals surface area contributed by atoms with E-state index in [9.17, 15) is 14.0 Å². The highest BCUT2D eigenvalue weighted by Gasteiger charge is 2.19. The quantitative estimate of drug-likeness (QED) is 0.690. The number of methoxy groups -OCH3 is 1.